The predicted octanol–water partition coefficient (Wildman–Crippen LogP) is 14.2. The zero-order valence-corrected chi connectivity index (χ0v) is 38.8. The number of pyridine rings is 1. The van der Waals surface area contributed by atoms with Crippen LogP contribution in [0.4, 0.5) is 4.39 Å². The normalized spacial score (nSPS) is 11.5. The van der Waals surface area contributed by atoms with Gasteiger partial charge in [0, 0.05) is 42.9 Å². The molecule has 0 N–H and O–H groups in total. The first kappa shape index (κ1) is 42.4. The first-order valence-corrected chi connectivity index (χ1v) is 24.3. The second kappa shape index (κ2) is 18.0. The third-order valence-electron chi connectivity index (χ3n) is 11.0. The van der Waals surface area contributed by atoms with E-state index in [0.717, 1.165) is 62.0 Å². The summed E-state index contributed by atoms with van der Waals surface area (Å²) >= 11 is 0. The molecule has 0 aliphatic carbocycles. The van der Waals surface area contributed by atoms with Crippen molar-refractivity contribution >= 4 is 46.2 Å². The molecule has 0 atom stereocenters. The molecule has 7 aromatic carbocycles. The molecule has 0 spiro atoms. The van der Waals surface area contributed by atoms with Gasteiger partial charge < -0.3 is 14.0 Å². The molecule has 0 aliphatic rings. The van der Waals surface area contributed by atoms with Gasteiger partial charge in [-0.1, -0.05) is 153 Å². The summed E-state index contributed by atoms with van der Waals surface area (Å²) in [7, 11) is -1.34. The number of imidazole rings is 1. The number of aromatic nitrogens is 3. The number of nitrogens with zero attached hydrogens (tertiary/aromatic N) is 3. The van der Waals surface area contributed by atoms with Crippen LogP contribution in [0, 0.1) is 23.9 Å². The van der Waals surface area contributed by atoms with Gasteiger partial charge in [0.15, 0.2) is 0 Å². The second-order valence-corrected chi connectivity index (χ2v) is 21.9. The summed E-state index contributed by atoms with van der Waals surface area (Å²) in [5, 5.41) is 3.48. The molecule has 3 aromatic heterocycles. The molecule has 4 nitrogen and oxygen atoms in total. The van der Waals surface area contributed by atoms with Gasteiger partial charge in [-0.3, -0.25) is 4.98 Å². The average molecular weight is 1000 g/mol. The van der Waals surface area contributed by atoms with Crippen molar-refractivity contribution in [1.29, 1.82) is 0 Å². The molecule has 0 saturated carbocycles. The molecular weight excluding hydrogens is 958 g/mol. The summed E-state index contributed by atoms with van der Waals surface area (Å²) in [6, 6.07) is 60.6. The van der Waals surface area contributed by atoms with Gasteiger partial charge in [0.05, 0.1) is 30.5 Å². The number of para-hydroxylation sites is 2. The Labute approximate surface area is 377 Å². The molecule has 0 saturated heterocycles. The number of fused-ring (bicyclic) bond motifs is 4. The molecule has 0 aliphatic heterocycles. The third-order valence-corrected chi connectivity index (χ3v) is 13.1. The first-order valence-electron chi connectivity index (χ1n) is 20.8. The van der Waals surface area contributed by atoms with Crippen molar-refractivity contribution in [2.24, 2.45) is 5.92 Å². The van der Waals surface area contributed by atoms with Crippen molar-refractivity contribution < 1.29 is 28.9 Å². The topological polar surface area (TPSA) is 43.9 Å². The van der Waals surface area contributed by atoms with E-state index in [-0.39, 0.29) is 25.9 Å². The maximum absolute atomic E-state index is 15.8. The monoisotopic (exact) mass is 1000 g/mol. The Bertz CT molecular complexity index is 3140. The van der Waals surface area contributed by atoms with Gasteiger partial charge in [0.1, 0.15) is 11.4 Å². The minimum absolute atomic E-state index is 0. The Morgan fingerprint density at radius 2 is 1.42 bits per heavy atom. The van der Waals surface area contributed by atoms with Crippen LogP contribution in [0.3, 0.4) is 0 Å². The Morgan fingerprint density at radius 3 is 2.15 bits per heavy atom. The Kier molecular flexibility index (Phi) is 12.3. The number of benzene rings is 7. The van der Waals surface area contributed by atoms with Gasteiger partial charge in [0.25, 0.3) is 0 Å². The van der Waals surface area contributed by atoms with E-state index in [0.29, 0.717) is 33.9 Å². The smallest absolute Gasteiger partial charge is 0.148 e. The molecule has 0 amide bonds. The largest absolute Gasteiger partial charge is 0.501 e. The van der Waals surface area contributed by atoms with Gasteiger partial charge in [-0.05, 0) is 64.2 Å². The number of hydrogen-bond donors (Lipinski definition) is 0. The average Bonchev–Trinajstić information content (AvgIpc) is 3.87. The summed E-state index contributed by atoms with van der Waals surface area (Å²) in [6.45, 7) is 11.7. The van der Waals surface area contributed by atoms with Gasteiger partial charge in [-0.15, -0.1) is 54.1 Å². The summed E-state index contributed by atoms with van der Waals surface area (Å²) < 4.78 is 24.1. The van der Waals surface area contributed by atoms with Crippen LogP contribution in [0.2, 0.25) is 19.6 Å². The standard InChI is InChI=1S/C37H22FN2O.C18H24NSi.Ir/c38-31-18-10-19-32-35(31)40(37(39-32)30-17-9-16-29-28-15-7-8-20-34(28)41-36(29)30)33-23-26(24-11-3-1-4-12-24)21-22-27(33)25-13-5-2-6-14-25;1-14(2)11-16-12-17(15-9-7-6-8-10-15)19-13-18(16)20(3,4)5;/h1-16,18-23H;6-9,12-14H,11H2,1-5H3;/q2*-1;. The summed E-state index contributed by atoms with van der Waals surface area (Å²) in [5.41, 5.74) is 11.6. The molecule has 0 unspecified atom stereocenters. The van der Waals surface area contributed by atoms with Crippen LogP contribution in [0.5, 0.6) is 0 Å². The number of hydrogen-bond acceptors (Lipinski definition) is 3. The zero-order valence-electron chi connectivity index (χ0n) is 35.4. The molecule has 309 valence electrons. The summed E-state index contributed by atoms with van der Waals surface area (Å²) in [5.74, 6) is 0.888. The molecule has 1 radical (unpaired) electrons. The van der Waals surface area contributed by atoms with E-state index in [1.54, 1.807) is 6.07 Å². The van der Waals surface area contributed by atoms with Gasteiger partial charge in [-0.25, -0.2) is 4.39 Å². The number of halogens is 1. The van der Waals surface area contributed by atoms with E-state index < -0.39 is 8.07 Å². The van der Waals surface area contributed by atoms with Crippen molar-refractivity contribution in [1.82, 2.24) is 14.5 Å². The fraction of sp³-hybridized carbons (Fsp3) is 0.127. The van der Waals surface area contributed by atoms with Crippen molar-refractivity contribution in [3.05, 3.63) is 194 Å². The second-order valence-electron chi connectivity index (χ2n) is 16.9. The maximum Gasteiger partial charge on any atom is 0.148 e. The van der Waals surface area contributed by atoms with Crippen LogP contribution >= 0.6 is 0 Å². The molecule has 62 heavy (non-hydrogen) atoms. The maximum atomic E-state index is 15.8. The van der Waals surface area contributed by atoms with E-state index in [2.05, 4.69) is 111 Å². The summed E-state index contributed by atoms with van der Waals surface area (Å²) in [4.78, 5) is 9.70. The fourth-order valence-electron chi connectivity index (χ4n) is 8.21. The first-order chi connectivity index (χ1) is 29.6. The van der Waals surface area contributed by atoms with E-state index in [1.807, 2.05) is 102 Å². The van der Waals surface area contributed by atoms with Crippen molar-refractivity contribution in [3.8, 4) is 50.6 Å². The molecule has 3 heterocycles. The minimum atomic E-state index is -1.34. The van der Waals surface area contributed by atoms with Crippen LogP contribution in [-0.2, 0) is 26.5 Å². The van der Waals surface area contributed by atoms with Gasteiger partial charge in [0.2, 0.25) is 0 Å². The quantitative estimate of drug-likeness (QED) is 0.113. The van der Waals surface area contributed by atoms with Crippen LogP contribution in [0.1, 0.15) is 19.4 Å². The van der Waals surface area contributed by atoms with Crippen molar-refractivity contribution in [2.45, 2.75) is 39.9 Å². The Hall–Kier alpha value is -6.24. The van der Waals surface area contributed by atoms with E-state index in [4.69, 9.17) is 9.40 Å². The van der Waals surface area contributed by atoms with Crippen LogP contribution in [0.25, 0.3) is 83.6 Å². The van der Waals surface area contributed by atoms with Crippen LogP contribution in [-0.4, -0.2) is 22.6 Å². The van der Waals surface area contributed by atoms with E-state index in [1.165, 1.54) is 16.8 Å². The van der Waals surface area contributed by atoms with Crippen molar-refractivity contribution in [2.75, 3.05) is 0 Å². The van der Waals surface area contributed by atoms with E-state index >= 15 is 4.39 Å². The number of furan rings is 1. The number of rotatable bonds is 8. The third kappa shape index (κ3) is 8.49. The van der Waals surface area contributed by atoms with Crippen LogP contribution in [0.15, 0.2) is 174 Å². The van der Waals surface area contributed by atoms with Crippen LogP contribution < -0.4 is 5.19 Å². The predicted molar refractivity (Wildman–Crippen MR) is 253 cm³/mol. The SMILES string of the molecule is CC(C)Cc1cc(-c2[c-]cccc2)ncc1[Si](C)(C)C.Fc1cccc2nc(-c3[c-]ccc4c3oc3ccccc34)n(-c3cc(-c4ccccc4)ccc3-c3ccccc3)c12.[Ir]. The Morgan fingerprint density at radius 1 is 0.694 bits per heavy atom. The van der Waals surface area contributed by atoms with Gasteiger partial charge >= 0.3 is 0 Å². The molecule has 7 heteroatoms. The van der Waals surface area contributed by atoms with E-state index in [9.17, 15) is 0 Å². The van der Waals surface area contributed by atoms with Gasteiger partial charge in [-0.2, -0.15) is 0 Å². The zero-order chi connectivity index (χ0) is 42.1. The summed E-state index contributed by atoms with van der Waals surface area (Å²) in [6.07, 6.45) is 3.24. The molecule has 10 aromatic rings. The minimum Gasteiger partial charge on any atom is -0.501 e. The molecule has 0 bridgehead atoms. The fourth-order valence-corrected chi connectivity index (χ4v) is 9.80. The molecule has 0 fully saturated rings. The Balaban J connectivity index is 0.000000214. The van der Waals surface area contributed by atoms with Crippen molar-refractivity contribution in [3.63, 3.8) is 0 Å². The molecule has 10 rings (SSSR count). The molecular formula is C55H46FIrN3OSi-2.